The summed E-state index contributed by atoms with van der Waals surface area (Å²) in [6, 6.07) is 4.86. The number of pyridine rings is 1. The fourth-order valence-electron chi connectivity index (χ4n) is 1.21. The van der Waals surface area contributed by atoms with Crippen LogP contribution in [0.3, 0.4) is 0 Å². The van der Waals surface area contributed by atoms with Crippen molar-refractivity contribution < 1.29 is 4.73 Å². The van der Waals surface area contributed by atoms with Gasteiger partial charge in [0.2, 0.25) is 5.52 Å². The van der Waals surface area contributed by atoms with Crippen LogP contribution in [0.2, 0.25) is 10.0 Å². The van der Waals surface area contributed by atoms with Gasteiger partial charge in [-0.25, -0.2) is 0 Å². The molecule has 0 radical (unpaired) electrons. The summed E-state index contributed by atoms with van der Waals surface area (Å²) in [6.07, 6.45) is 1.37. The Balaban J connectivity index is 2.94. The minimum Gasteiger partial charge on any atom is -0.618 e. The van der Waals surface area contributed by atoms with Crippen LogP contribution >= 0.6 is 39.1 Å². The van der Waals surface area contributed by atoms with Gasteiger partial charge in [0.1, 0.15) is 0 Å². The molecule has 2 nitrogen and oxygen atoms in total. The van der Waals surface area contributed by atoms with E-state index in [-0.39, 0.29) is 0 Å². The van der Waals surface area contributed by atoms with E-state index in [0.29, 0.717) is 25.4 Å². The minimum absolute atomic E-state index is 0.494. The lowest BCUT2D eigenvalue weighted by molar-refractivity contribution is -0.577. The van der Waals surface area contributed by atoms with Gasteiger partial charge in [0, 0.05) is 16.6 Å². The third kappa shape index (κ3) is 1.56. The van der Waals surface area contributed by atoms with E-state index >= 15 is 0 Å². The van der Waals surface area contributed by atoms with Crippen LogP contribution in [0.4, 0.5) is 0 Å². The largest absolute Gasteiger partial charge is 0.618 e. The number of fused-ring (bicyclic) bond motifs is 1. The molecule has 0 atom stereocenters. The van der Waals surface area contributed by atoms with Crippen molar-refractivity contribution >= 4 is 50.0 Å². The van der Waals surface area contributed by atoms with Crippen LogP contribution in [0.1, 0.15) is 0 Å². The third-order valence-electron chi connectivity index (χ3n) is 1.89. The molecule has 1 aromatic heterocycles. The summed E-state index contributed by atoms with van der Waals surface area (Å²) in [6.45, 7) is 0. The standard InChI is InChI=1S/C9H4BrCl2NO/c10-6-4-9-5(3-8(6)12)7(11)1-2-13(9)14/h1-4H. The molecule has 0 bridgehead atoms. The van der Waals surface area contributed by atoms with Crippen LogP contribution in [-0.2, 0) is 0 Å². The Kier molecular flexibility index (Phi) is 2.56. The van der Waals surface area contributed by atoms with E-state index in [4.69, 9.17) is 23.2 Å². The second-order valence-corrected chi connectivity index (χ2v) is 4.44. The Morgan fingerprint density at radius 1 is 1.21 bits per heavy atom. The van der Waals surface area contributed by atoms with Gasteiger partial charge in [-0.05, 0) is 22.0 Å². The molecule has 2 rings (SSSR count). The first-order valence-electron chi connectivity index (χ1n) is 3.76. The summed E-state index contributed by atoms with van der Waals surface area (Å²) < 4.78 is 1.43. The lowest BCUT2D eigenvalue weighted by Crippen LogP contribution is -2.25. The summed E-state index contributed by atoms with van der Waals surface area (Å²) >= 11 is 15.1. The van der Waals surface area contributed by atoms with Crippen LogP contribution < -0.4 is 4.73 Å². The number of halogens is 3. The van der Waals surface area contributed by atoms with Gasteiger partial charge < -0.3 is 5.21 Å². The molecule has 0 aliphatic carbocycles. The predicted octanol–water partition coefficient (Wildman–Crippen LogP) is 3.54. The van der Waals surface area contributed by atoms with E-state index in [1.54, 1.807) is 18.2 Å². The van der Waals surface area contributed by atoms with Crippen molar-refractivity contribution in [1.29, 1.82) is 0 Å². The number of rotatable bonds is 0. The number of aromatic nitrogens is 1. The van der Waals surface area contributed by atoms with E-state index in [2.05, 4.69) is 15.9 Å². The quantitative estimate of drug-likeness (QED) is 0.539. The van der Waals surface area contributed by atoms with Crippen molar-refractivity contribution in [2.45, 2.75) is 0 Å². The Morgan fingerprint density at radius 3 is 2.64 bits per heavy atom. The molecule has 1 aromatic carbocycles. The van der Waals surface area contributed by atoms with E-state index in [9.17, 15) is 5.21 Å². The van der Waals surface area contributed by atoms with Crippen molar-refractivity contribution in [3.05, 3.63) is 44.1 Å². The number of hydrogen-bond donors (Lipinski definition) is 0. The molecule has 0 unspecified atom stereocenters. The predicted molar refractivity (Wildman–Crippen MR) is 60.6 cm³/mol. The molecule has 14 heavy (non-hydrogen) atoms. The smallest absolute Gasteiger partial charge is 0.226 e. The SMILES string of the molecule is [O-][n+]1ccc(Cl)c2cc(Cl)c(Br)cc21. The molecule has 5 heteroatoms. The van der Waals surface area contributed by atoms with Gasteiger partial charge in [-0.15, -0.1) is 0 Å². The minimum atomic E-state index is 0.494. The van der Waals surface area contributed by atoms with Crippen LogP contribution in [-0.4, -0.2) is 0 Å². The molecular weight excluding hydrogens is 289 g/mol. The van der Waals surface area contributed by atoms with Crippen molar-refractivity contribution in [3.8, 4) is 0 Å². The molecule has 0 amide bonds. The van der Waals surface area contributed by atoms with Crippen LogP contribution in [0.25, 0.3) is 10.9 Å². The maximum Gasteiger partial charge on any atom is 0.226 e. The average Bonchev–Trinajstić information content (AvgIpc) is 2.15. The fourth-order valence-corrected chi connectivity index (χ4v) is 1.92. The zero-order valence-corrected chi connectivity index (χ0v) is 9.90. The van der Waals surface area contributed by atoms with Crippen LogP contribution in [0.5, 0.6) is 0 Å². The number of benzene rings is 1. The number of nitrogens with zero attached hydrogens (tertiary/aromatic N) is 1. The van der Waals surface area contributed by atoms with E-state index < -0.39 is 0 Å². The lowest BCUT2D eigenvalue weighted by Gasteiger charge is -2.04. The Morgan fingerprint density at radius 2 is 1.93 bits per heavy atom. The second-order valence-electron chi connectivity index (χ2n) is 2.77. The lowest BCUT2D eigenvalue weighted by atomic mass is 10.2. The first-order valence-corrected chi connectivity index (χ1v) is 5.31. The van der Waals surface area contributed by atoms with Gasteiger partial charge in [-0.2, -0.15) is 4.73 Å². The Hall–Kier alpha value is -0.510. The van der Waals surface area contributed by atoms with E-state index in [0.717, 1.165) is 4.73 Å². The molecule has 1 heterocycles. The highest BCUT2D eigenvalue weighted by atomic mass is 79.9. The Labute approximate surface area is 98.8 Å². The van der Waals surface area contributed by atoms with Gasteiger partial charge in [0.15, 0.2) is 6.20 Å². The fraction of sp³-hybridized carbons (Fsp3) is 0. The first-order chi connectivity index (χ1) is 6.59. The molecule has 0 aliphatic heterocycles. The number of hydrogen-bond acceptors (Lipinski definition) is 1. The molecule has 0 fully saturated rings. The van der Waals surface area contributed by atoms with Crippen LogP contribution in [0, 0.1) is 5.21 Å². The summed E-state index contributed by atoms with van der Waals surface area (Å²) in [4.78, 5) is 0. The molecule has 72 valence electrons. The molecular formula is C9H4BrCl2NO. The summed E-state index contributed by atoms with van der Waals surface area (Å²) in [5.41, 5.74) is 0.494. The van der Waals surface area contributed by atoms with Crippen molar-refractivity contribution in [2.24, 2.45) is 0 Å². The van der Waals surface area contributed by atoms with Crippen molar-refractivity contribution in [2.75, 3.05) is 0 Å². The maximum atomic E-state index is 11.4. The van der Waals surface area contributed by atoms with Crippen LogP contribution in [0.15, 0.2) is 28.9 Å². The summed E-state index contributed by atoms with van der Waals surface area (Å²) in [5, 5.41) is 13.1. The summed E-state index contributed by atoms with van der Waals surface area (Å²) in [5.74, 6) is 0. The highest BCUT2D eigenvalue weighted by Crippen LogP contribution is 2.29. The van der Waals surface area contributed by atoms with Gasteiger partial charge in [-0.3, -0.25) is 0 Å². The normalized spacial score (nSPS) is 10.8. The zero-order valence-electron chi connectivity index (χ0n) is 6.80. The highest BCUT2D eigenvalue weighted by Gasteiger charge is 2.10. The molecule has 0 N–H and O–H groups in total. The topological polar surface area (TPSA) is 26.9 Å². The maximum absolute atomic E-state index is 11.4. The average molecular weight is 293 g/mol. The molecule has 2 aromatic rings. The third-order valence-corrected chi connectivity index (χ3v) is 3.42. The van der Waals surface area contributed by atoms with Gasteiger partial charge >= 0.3 is 0 Å². The molecule has 0 saturated carbocycles. The van der Waals surface area contributed by atoms with Gasteiger partial charge in [-0.1, -0.05) is 23.2 Å². The van der Waals surface area contributed by atoms with Crippen molar-refractivity contribution in [3.63, 3.8) is 0 Å². The molecule has 0 saturated heterocycles. The Bertz CT molecular complexity index is 469. The second kappa shape index (κ2) is 3.57. The van der Waals surface area contributed by atoms with Gasteiger partial charge in [0.25, 0.3) is 0 Å². The molecule has 0 spiro atoms. The van der Waals surface area contributed by atoms with Gasteiger partial charge in [0.05, 0.1) is 15.4 Å². The van der Waals surface area contributed by atoms with E-state index in [1.807, 2.05) is 0 Å². The van der Waals surface area contributed by atoms with Crippen molar-refractivity contribution in [1.82, 2.24) is 0 Å². The molecule has 0 aliphatic rings. The first kappa shape index (κ1) is 10.0. The van der Waals surface area contributed by atoms with E-state index in [1.165, 1.54) is 6.20 Å². The summed E-state index contributed by atoms with van der Waals surface area (Å²) in [7, 11) is 0. The monoisotopic (exact) mass is 291 g/mol. The highest BCUT2D eigenvalue weighted by molar-refractivity contribution is 9.10. The zero-order chi connectivity index (χ0) is 10.3.